The van der Waals surface area contributed by atoms with Crippen molar-refractivity contribution >= 4 is 5.91 Å². The summed E-state index contributed by atoms with van der Waals surface area (Å²) in [6, 6.07) is 0.527. The molecule has 19 heavy (non-hydrogen) atoms. The molecule has 0 aliphatic carbocycles. The molecular formula is C14H24N4O. The van der Waals surface area contributed by atoms with Crippen LogP contribution >= 0.6 is 0 Å². The normalized spacial score (nSPS) is 20.7. The number of nitrogens with one attached hydrogen (secondary N) is 2. The van der Waals surface area contributed by atoms with Crippen LogP contribution in [0.5, 0.6) is 0 Å². The van der Waals surface area contributed by atoms with Gasteiger partial charge >= 0.3 is 0 Å². The minimum Gasteiger partial charge on any atom is -0.355 e. The molecule has 2 N–H and O–H groups in total. The summed E-state index contributed by atoms with van der Waals surface area (Å²) >= 11 is 0. The quantitative estimate of drug-likeness (QED) is 0.840. The highest BCUT2D eigenvalue weighted by Gasteiger charge is 2.26. The van der Waals surface area contributed by atoms with Crippen LogP contribution in [0.3, 0.4) is 0 Å². The highest BCUT2D eigenvalue weighted by molar-refractivity contribution is 5.78. The number of aromatic amines is 1. The highest BCUT2D eigenvalue weighted by atomic mass is 16.1. The smallest absolute Gasteiger partial charge is 0.224 e. The van der Waals surface area contributed by atoms with Crippen LogP contribution in [0.25, 0.3) is 0 Å². The van der Waals surface area contributed by atoms with Gasteiger partial charge in [0.2, 0.25) is 5.91 Å². The van der Waals surface area contributed by atoms with Crippen LogP contribution in [0.4, 0.5) is 0 Å². The van der Waals surface area contributed by atoms with Gasteiger partial charge in [-0.25, -0.2) is 4.98 Å². The van der Waals surface area contributed by atoms with Crippen molar-refractivity contribution in [3.05, 3.63) is 18.2 Å². The van der Waals surface area contributed by atoms with Crippen molar-refractivity contribution < 1.29 is 4.79 Å². The van der Waals surface area contributed by atoms with Crippen LogP contribution in [-0.2, 0) is 11.2 Å². The Bertz CT molecular complexity index is 388. The van der Waals surface area contributed by atoms with E-state index >= 15 is 0 Å². The summed E-state index contributed by atoms with van der Waals surface area (Å²) < 4.78 is 0. The fourth-order valence-electron chi connectivity index (χ4n) is 2.57. The number of H-pyrrole nitrogens is 1. The maximum absolute atomic E-state index is 12.1. The van der Waals surface area contributed by atoms with Gasteiger partial charge in [-0.1, -0.05) is 0 Å². The fourth-order valence-corrected chi connectivity index (χ4v) is 2.57. The van der Waals surface area contributed by atoms with Gasteiger partial charge in [0.25, 0.3) is 0 Å². The van der Waals surface area contributed by atoms with Crippen LogP contribution in [0.15, 0.2) is 12.4 Å². The number of hydrogen-bond donors (Lipinski definition) is 2. The fraction of sp³-hybridized carbons (Fsp3) is 0.714. The third kappa shape index (κ3) is 4.06. The lowest BCUT2D eigenvalue weighted by atomic mass is 9.96. The molecule has 1 amide bonds. The van der Waals surface area contributed by atoms with Crippen molar-refractivity contribution in [3.8, 4) is 0 Å². The van der Waals surface area contributed by atoms with E-state index in [-0.39, 0.29) is 11.8 Å². The maximum atomic E-state index is 12.1. The van der Waals surface area contributed by atoms with Gasteiger partial charge in [-0.15, -0.1) is 0 Å². The molecule has 2 heterocycles. The van der Waals surface area contributed by atoms with Gasteiger partial charge in [0.1, 0.15) is 5.82 Å². The van der Waals surface area contributed by atoms with E-state index in [4.69, 9.17) is 0 Å². The summed E-state index contributed by atoms with van der Waals surface area (Å²) in [6.45, 7) is 7.05. The second-order valence-corrected chi connectivity index (χ2v) is 5.50. The average Bonchev–Trinajstić information content (AvgIpc) is 2.92. The zero-order valence-electron chi connectivity index (χ0n) is 11.9. The molecule has 1 aliphatic rings. The Morgan fingerprint density at radius 2 is 2.47 bits per heavy atom. The molecule has 0 saturated carbocycles. The van der Waals surface area contributed by atoms with E-state index in [1.807, 2.05) is 0 Å². The summed E-state index contributed by atoms with van der Waals surface area (Å²) in [5.41, 5.74) is 0. The summed E-state index contributed by atoms with van der Waals surface area (Å²) in [4.78, 5) is 21.7. The average molecular weight is 264 g/mol. The Labute approximate surface area is 114 Å². The van der Waals surface area contributed by atoms with Gasteiger partial charge in [-0.2, -0.15) is 0 Å². The number of aromatic nitrogens is 2. The Morgan fingerprint density at radius 1 is 1.63 bits per heavy atom. The van der Waals surface area contributed by atoms with Crippen LogP contribution in [-0.4, -0.2) is 46.5 Å². The lowest BCUT2D eigenvalue weighted by Crippen LogP contribution is -2.45. The molecule has 0 unspecified atom stereocenters. The number of rotatable bonds is 5. The van der Waals surface area contributed by atoms with Gasteiger partial charge < -0.3 is 15.2 Å². The first-order valence-electron chi connectivity index (χ1n) is 7.17. The minimum absolute atomic E-state index is 0.146. The number of amides is 1. The molecule has 1 aromatic heterocycles. The number of imidazole rings is 1. The van der Waals surface area contributed by atoms with E-state index in [2.05, 4.69) is 34.0 Å². The molecular weight excluding hydrogens is 240 g/mol. The predicted octanol–water partition coefficient (Wildman–Crippen LogP) is 1.19. The standard InChI is InChI=1S/C14H24N4O/c1-11(2)18-9-3-4-12(10-18)14(19)17-6-5-13-15-7-8-16-13/h7-8,11-12H,3-6,9-10H2,1-2H3,(H,15,16)(H,17,19)/t12-/m0/s1. The molecule has 1 saturated heterocycles. The summed E-state index contributed by atoms with van der Waals surface area (Å²) in [7, 11) is 0. The SMILES string of the molecule is CC(C)N1CCC[C@H](C(=O)NCCc2ncc[nH]2)C1. The largest absolute Gasteiger partial charge is 0.355 e. The van der Waals surface area contributed by atoms with E-state index in [0.29, 0.717) is 12.6 Å². The molecule has 0 aromatic carbocycles. The first-order chi connectivity index (χ1) is 9.16. The molecule has 106 valence electrons. The van der Waals surface area contributed by atoms with Crippen molar-refractivity contribution in [2.24, 2.45) is 5.92 Å². The molecule has 5 heteroatoms. The van der Waals surface area contributed by atoms with E-state index in [9.17, 15) is 4.79 Å². The Kier molecular flexibility index (Phi) is 4.96. The van der Waals surface area contributed by atoms with E-state index in [1.54, 1.807) is 12.4 Å². The highest BCUT2D eigenvalue weighted by Crippen LogP contribution is 2.18. The monoisotopic (exact) mass is 264 g/mol. The second-order valence-electron chi connectivity index (χ2n) is 5.50. The number of carbonyl (C=O) groups is 1. The third-order valence-corrected chi connectivity index (χ3v) is 3.77. The van der Waals surface area contributed by atoms with Crippen molar-refractivity contribution in [2.75, 3.05) is 19.6 Å². The predicted molar refractivity (Wildman–Crippen MR) is 74.7 cm³/mol. The molecule has 1 fully saturated rings. The molecule has 5 nitrogen and oxygen atoms in total. The van der Waals surface area contributed by atoms with Crippen LogP contribution in [0.1, 0.15) is 32.5 Å². The summed E-state index contributed by atoms with van der Waals surface area (Å²) in [5.74, 6) is 1.26. The van der Waals surface area contributed by atoms with Crippen molar-refractivity contribution in [2.45, 2.75) is 39.2 Å². The topological polar surface area (TPSA) is 61.0 Å². The third-order valence-electron chi connectivity index (χ3n) is 3.77. The minimum atomic E-state index is 0.146. The van der Waals surface area contributed by atoms with Crippen LogP contribution < -0.4 is 5.32 Å². The number of nitrogens with zero attached hydrogens (tertiary/aromatic N) is 2. The van der Waals surface area contributed by atoms with Gasteiger partial charge in [0.15, 0.2) is 0 Å². The van der Waals surface area contributed by atoms with E-state index in [1.165, 1.54) is 0 Å². The van der Waals surface area contributed by atoms with Crippen LogP contribution in [0, 0.1) is 5.92 Å². The van der Waals surface area contributed by atoms with E-state index < -0.39 is 0 Å². The number of likely N-dealkylation sites (tertiary alicyclic amines) is 1. The lowest BCUT2D eigenvalue weighted by molar-refractivity contribution is -0.126. The second kappa shape index (κ2) is 6.70. The first-order valence-corrected chi connectivity index (χ1v) is 7.17. The Balaban J connectivity index is 1.73. The van der Waals surface area contributed by atoms with Crippen molar-refractivity contribution in [1.82, 2.24) is 20.2 Å². The maximum Gasteiger partial charge on any atom is 0.224 e. The zero-order chi connectivity index (χ0) is 13.7. The van der Waals surface area contributed by atoms with Gasteiger partial charge in [-0.3, -0.25) is 4.79 Å². The molecule has 1 aliphatic heterocycles. The Morgan fingerprint density at radius 3 is 3.16 bits per heavy atom. The zero-order valence-corrected chi connectivity index (χ0v) is 11.9. The number of piperidine rings is 1. The van der Waals surface area contributed by atoms with Gasteiger partial charge in [0.05, 0.1) is 5.92 Å². The lowest BCUT2D eigenvalue weighted by Gasteiger charge is -2.34. The molecule has 1 aromatic rings. The molecule has 0 spiro atoms. The molecule has 0 bridgehead atoms. The number of hydrogen-bond acceptors (Lipinski definition) is 3. The number of carbonyl (C=O) groups excluding carboxylic acids is 1. The van der Waals surface area contributed by atoms with Crippen molar-refractivity contribution in [3.63, 3.8) is 0 Å². The summed E-state index contributed by atoms with van der Waals surface area (Å²) in [6.07, 6.45) is 6.43. The first kappa shape index (κ1) is 14.1. The van der Waals surface area contributed by atoms with Crippen molar-refractivity contribution in [1.29, 1.82) is 0 Å². The van der Waals surface area contributed by atoms with E-state index in [0.717, 1.165) is 38.2 Å². The van der Waals surface area contributed by atoms with Gasteiger partial charge in [0, 0.05) is 37.9 Å². The molecule has 0 radical (unpaired) electrons. The van der Waals surface area contributed by atoms with Crippen LogP contribution in [0.2, 0.25) is 0 Å². The molecule has 2 rings (SSSR count). The Hall–Kier alpha value is -1.36. The summed E-state index contributed by atoms with van der Waals surface area (Å²) in [5, 5.41) is 3.02. The van der Waals surface area contributed by atoms with Gasteiger partial charge in [-0.05, 0) is 33.2 Å². The molecule has 1 atom stereocenters.